The van der Waals surface area contributed by atoms with Gasteiger partial charge in [-0.1, -0.05) is 11.6 Å². The normalized spacial score (nSPS) is 10.7. The molecule has 3 rings (SSSR count). The van der Waals surface area contributed by atoms with E-state index in [-0.39, 0.29) is 5.82 Å². The molecule has 0 saturated carbocycles. The molecule has 0 aliphatic rings. The van der Waals surface area contributed by atoms with Gasteiger partial charge in [0.25, 0.3) is 5.91 Å². The van der Waals surface area contributed by atoms with Gasteiger partial charge in [-0.2, -0.15) is 5.10 Å². The van der Waals surface area contributed by atoms with Crippen LogP contribution in [0.5, 0.6) is 0 Å². The zero-order chi connectivity index (χ0) is 14.1. The molecule has 0 atom stereocenters. The lowest BCUT2D eigenvalue weighted by Gasteiger charge is -2.11. The minimum absolute atomic E-state index is 0.124. The van der Waals surface area contributed by atoms with Crippen molar-refractivity contribution in [2.24, 2.45) is 0 Å². The van der Waals surface area contributed by atoms with Crippen molar-refractivity contribution >= 4 is 34.1 Å². The number of hydrogen-bond acceptors (Lipinski definition) is 4. The number of carbonyl (C=O) groups is 1. The number of pyridine rings is 1. The van der Waals surface area contributed by atoms with Crippen molar-refractivity contribution in [1.82, 2.24) is 20.2 Å². The van der Waals surface area contributed by atoms with Gasteiger partial charge in [-0.15, -0.1) is 0 Å². The van der Waals surface area contributed by atoms with E-state index in [1.165, 1.54) is 6.33 Å². The largest absolute Gasteiger partial charge is 0.317 e. The third-order valence-corrected chi connectivity index (χ3v) is 3.20. The molecule has 7 heteroatoms. The van der Waals surface area contributed by atoms with Crippen molar-refractivity contribution in [2.45, 2.75) is 6.92 Å². The highest BCUT2D eigenvalue weighted by Gasteiger charge is 2.15. The van der Waals surface area contributed by atoms with E-state index in [1.54, 1.807) is 18.3 Å². The van der Waals surface area contributed by atoms with E-state index in [0.29, 0.717) is 10.7 Å². The number of aryl methyl sites for hydroxylation is 1. The molecule has 20 heavy (non-hydrogen) atoms. The second kappa shape index (κ2) is 4.90. The summed E-state index contributed by atoms with van der Waals surface area (Å²) in [6.07, 6.45) is 2.97. The minimum Gasteiger partial charge on any atom is -0.317 e. The zero-order valence-corrected chi connectivity index (χ0v) is 11.3. The fraction of sp³-hybridized carbons (Fsp3) is 0.0769. The van der Waals surface area contributed by atoms with Crippen LogP contribution in [0.15, 0.2) is 30.7 Å². The topological polar surface area (TPSA) is 83.6 Å². The van der Waals surface area contributed by atoms with Crippen molar-refractivity contribution in [3.8, 4) is 0 Å². The van der Waals surface area contributed by atoms with Gasteiger partial charge in [0.15, 0.2) is 0 Å². The quantitative estimate of drug-likeness (QED) is 0.759. The van der Waals surface area contributed by atoms with Gasteiger partial charge in [-0.05, 0) is 30.7 Å². The van der Waals surface area contributed by atoms with Crippen LogP contribution in [0.3, 0.4) is 0 Å². The van der Waals surface area contributed by atoms with Crippen LogP contribution < -0.4 is 5.32 Å². The predicted octanol–water partition coefficient (Wildman–Crippen LogP) is 2.57. The average molecular weight is 288 g/mol. The highest BCUT2D eigenvalue weighted by molar-refractivity contribution is 6.36. The number of aromatic nitrogens is 4. The maximum absolute atomic E-state index is 12.0. The first-order valence-electron chi connectivity index (χ1n) is 5.87. The number of aromatic amines is 1. The Labute approximate surface area is 119 Å². The Morgan fingerprint density at radius 1 is 1.40 bits per heavy atom. The van der Waals surface area contributed by atoms with E-state index >= 15 is 0 Å². The summed E-state index contributed by atoms with van der Waals surface area (Å²) in [5.74, 6) is -0.280. The van der Waals surface area contributed by atoms with Gasteiger partial charge in [0.1, 0.15) is 6.33 Å². The zero-order valence-electron chi connectivity index (χ0n) is 10.5. The van der Waals surface area contributed by atoms with Gasteiger partial charge >= 0.3 is 0 Å². The van der Waals surface area contributed by atoms with Crippen molar-refractivity contribution in [3.05, 3.63) is 47.1 Å². The monoisotopic (exact) mass is 287 g/mol. The Morgan fingerprint density at radius 2 is 2.25 bits per heavy atom. The smallest absolute Gasteiger partial charge is 0.293 e. The number of H-pyrrole nitrogens is 1. The Balaban J connectivity index is 2.10. The fourth-order valence-corrected chi connectivity index (χ4v) is 2.31. The van der Waals surface area contributed by atoms with Crippen LogP contribution in [0, 0.1) is 6.92 Å². The molecule has 1 aromatic carbocycles. The van der Waals surface area contributed by atoms with Crippen molar-refractivity contribution < 1.29 is 4.79 Å². The van der Waals surface area contributed by atoms with Gasteiger partial charge in [0.2, 0.25) is 5.82 Å². The Bertz CT molecular complexity index is 785. The predicted molar refractivity (Wildman–Crippen MR) is 75.8 cm³/mol. The van der Waals surface area contributed by atoms with Crippen LogP contribution in [0.25, 0.3) is 10.9 Å². The molecule has 0 bridgehead atoms. The second-order valence-corrected chi connectivity index (χ2v) is 4.65. The van der Waals surface area contributed by atoms with E-state index in [2.05, 4.69) is 25.5 Å². The number of nitrogens with one attached hydrogen (secondary N) is 2. The van der Waals surface area contributed by atoms with Crippen LogP contribution in [-0.4, -0.2) is 26.1 Å². The number of amides is 1. The first-order chi connectivity index (χ1) is 9.66. The highest BCUT2D eigenvalue weighted by Crippen LogP contribution is 2.32. The summed E-state index contributed by atoms with van der Waals surface area (Å²) in [5, 5.41) is 10.1. The fourth-order valence-electron chi connectivity index (χ4n) is 2.00. The summed E-state index contributed by atoms with van der Waals surface area (Å²) in [7, 11) is 0. The lowest BCUT2D eigenvalue weighted by Crippen LogP contribution is -2.14. The van der Waals surface area contributed by atoms with Crippen molar-refractivity contribution in [1.29, 1.82) is 0 Å². The lowest BCUT2D eigenvalue weighted by molar-refractivity contribution is 0.101. The maximum atomic E-state index is 12.0. The summed E-state index contributed by atoms with van der Waals surface area (Å²) < 4.78 is 0. The standard InChI is InChI=1S/C13H10ClN5O/c1-7-5-9(14)11(8-3-2-4-15-10(7)8)18-13(20)12-16-6-17-19-12/h2-6H,1H3,(H,18,20)(H,16,17,19). The molecular weight excluding hydrogens is 278 g/mol. The van der Waals surface area contributed by atoms with E-state index < -0.39 is 5.91 Å². The Morgan fingerprint density at radius 3 is 3.00 bits per heavy atom. The number of fused-ring (bicyclic) bond motifs is 1. The minimum atomic E-state index is -0.404. The Hall–Kier alpha value is -2.47. The van der Waals surface area contributed by atoms with E-state index in [1.807, 2.05) is 13.0 Å². The summed E-state index contributed by atoms with van der Waals surface area (Å²) in [6.45, 7) is 1.92. The summed E-state index contributed by atoms with van der Waals surface area (Å²) in [6, 6.07) is 5.42. The van der Waals surface area contributed by atoms with Gasteiger partial charge < -0.3 is 5.32 Å². The van der Waals surface area contributed by atoms with Gasteiger partial charge in [-0.3, -0.25) is 14.9 Å². The number of rotatable bonds is 2. The third kappa shape index (κ3) is 2.10. The molecule has 0 spiro atoms. The lowest BCUT2D eigenvalue weighted by atomic mass is 10.1. The SMILES string of the molecule is Cc1cc(Cl)c(NC(=O)c2ncn[nH]2)c2cccnc12. The Kier molecular flexibility index (Phi) is 3.08. The molecule has 0 aliphatic carbocycles. The first kappa shape index (κ1) is 12.6. The summed E-state index contributed by atoms with van der Waals surface area (Å²) in [4.78, 5) is 20.1. The highest BCUT2D eigenvalue weighted by atomic mass is 35.5. The molecule has 0 radical (unpaired) electrons. The molecule has 0 saturated heterocycles. The molecule has 0 unspecified atom stereocenters. The number of carbonyl (C=O) groups excluding carboxylic acids is 1. The molecule has 3 aromatic rings. The molecule has 2 N–H and O–H groups in total. The average Bonchev–Trinajstić information content (AvgIpc) is 2.97. The molecular formula is C13H10ClN5O. The molecule has 1 amide bonds. The van der Waals surface area contributed by atoms with Gasteiger partial charge in [-0.25, -0.2) is 4.98 Å². The number of anilines is 1. The van der Waals surface area contributed by atoms with E-state index in [4.69, 9.17) is 11.6 Å². The first-order valence-corrected chi connectivity index (χ1v) is 6.25. The summed E-state index contributed by atoms with van der Waals surface area (Å²) >= 11 is 6.23. The van der Waals surface area contributed by atoms with Crippen LogP contribution in [-0.2, 0) is 0 Å². The van der Waals surface area contributed by atoms with Crippen LogP contribution >= 0.6 is 11.6 Å². The molecule has 2 heterocycles. The molecule has 2 aromatic heterocycles. The van der Waals surface area contributed by atoms with Crippen molar-refractivity contribution in [3.63, 3.8) is 0 Å². The number of benzene rings is 1. The van der Waals surface area contributed by atoms with Crippen LogP contribution in [0.2, 0.25) is 5.02 Å². The molecule has 0 aliphatic heterocycles. The molecule has 0 fully saturated rings. The van der Waals surface area contributed by atoms with Crippen LogP contribution in [0.4, 0.5) is 5.69 Å². The van der Waals surface area contributed by atoms with E-state index in [0.717, 1.165) is 16.5 Å². The van der Waals surface area contributed by atoms with Crippen molar-refractivity contribution in [2.75, 3.05) is 5.32 Å². The number of hydrogen-bond donors (Lipinski definition) is 2. The number of halogens is 1. The molecule has 6 nitrogen and oxygen atoms in total. The third-order valence-electron chi connectivity index (χ3n) is 2.90. The summed E-state index contributed by atoms with van der Waals surface area (Å²) in [5.41, 5.74) is 2.26. The maximum Gasteiger partial charge on any atom is 0.293 e. The van der Waals surface area contributed by atoms with Crippen LogP contribution in [0.1, 0.15) is 16.2 Å². The van der Waals surface area contributed by atoms with E-state index in [9.17, 15) is 4.79 Å². The number of nitrogens with zero attached hydrogens (tertiary/aromatic N) is 3. The molecule has 100 valence electrons. The van der Waals surface area contributed by atoms with Gasteiger partial charge in [0.05, 0.1) is 16.2 Å². The second-order valence-electron chi connectivity index (χ2n) is 4.24. The van der Waals surface area contributed by atoms with Gasteiger partial charge in [0, 0.05) is 11.6 Å².